The summed E-state index contributed by atoms with van der Waals surface area (Å²) in [5, 5.41) is 9.92. The molecule has 2 rings (SSSR count). The van der Waals surface area contributed by atoms with Gasteiger partial charge >= 0.3 is 5.69 Å². The molecule has 1 aromatic heterocycles. The fourth-order valence-corrected chi connectivity index (χ4v) is 3.14. The highest BCUT2D eigenvalue weighted by molar-refractivity contribution is 7.99. The van der Waals surface area contributed by atoms with Gasteiger partial charge in [-0.15, -0.1) is 5.10 Å². The van der Waals surface area contributed by atoms with Gasteiger partial charge in [0.25, 0.3) is 0 Å². The minimum Gasteiger partial charge on any atom is -0.355 e. The van der Waals surface area contributed by atoms with Crippen LogP contribution in [0, 0.1) is 6.92 Å². The van der Waals surface area contributed by atoms with Gasteiger partial charge < -0.3 is 5.32 Å². The Labute approximate surface area is 146 Å². The predicted octanol–water partition coefficient (Wildman–Crippen LogP) is 2.13. The van der Waals surface area contributed by atoms with E-state index >= 15 is 0 Å². The Bertz CT molecular complexity index is 723. The van der Waals surface area contributed by atoms with Crippen LogP contribution in [0.2, 0.25) is 0 Å². The summed E-state index contributed by atoms with van der Waals surface area (Å²) in [4.78, 5) is 23.6. The fourth-order valence-electron chi connectivity index (χ4n) is 2.34. The molecule has 2 aromatic rings. The van der Waals surface area contributed by atoms with Gasteiger partial charge in [-0.3, -0.25) is 9.36 Å². The van der Waals surface area contributed by atoms with E-state index in [-0.39, 0.29) is 17.3 Å². The van der Waals surface area contributed by atoms with Gasteiger partial charge in [0, 0.05) is 13.1 Å². The van der Waals surface area contributed by atoms with E-state index in [1.807, 2.05) is 12.1 Å². The van der Waals surface area contributed by atoms with E-state index in [1.165, 1.54) is 22.9 Å². The summed E-state index contributed by atoms with van der Waals surface area (Å²) in [6.45, 7) is 5.37. The lowest BCUT2D eigenvalue weighted by Gasteiger charge is -2.08. The number of aromatic nitrogens is 3. The number of nitrogens with zero attached hydrogens (tertiary/aromatic N) is 2. The molecular formula is C17H24N4O2S. The third kappa shape index (κ3) is 5.26. The summed E-state index contributed by atoms with van der Waals surface area (Å²) in [6, 6.07) is 8.16. The van der Waals surface area contributed by atoms with Crippen LogP contribution in [0.1, 0.15) is 30.9 Å². The van der Waals surface area contributed by atoms with E-state index in [1.54, 1.807) is 4.57 Å². The van der Waals surface area contributed by atoms with E-state index in [4.69, 9.17) is 0 Å². The lowest BCUT2D eigenvalue weighted by Crippen LogP contribution is -2.27. The zero-order valence-corrected chi connectivity index (χ0v) is 15.0. The number of carbonyl (C=O) groups excluding carboxylic acids is 1. The van der Waals surface area contributed by atoms with Crippen LogP contribution >= 0.6 is 11.8 Å². The molecule has 130 valence electrons. The van der Waals surface area contributed by atoms with Crippen molar-refractivity contribution in [2.45, 2.75) is 44.8 Å². The van der Waals surface area contributed by atoms with E-state index in [0.29, 0.717) is 18.2 Å². The minimum atomic E-state index is -0.217. The smallest absolute Gasteiger partial charge is 0.343 e. The molecule has 0 spiro atoms. The maximum absolute atomic E-state index is 12.0. The predicted molar refractivity (Wildman–Crippen MR) is 96.4 cm³/mol. The monoisotopic (exact) mass is 348 g/mol. The lowest BCUT2D eigenvalue weighted by molar-refractivity contribution is -0.118. The van der Waals surface area contributed by atoms with Crippen molar-refractivity contribution in [1.29, 1.82) is 0 Å². The molecule has 0 fully saturated rings. The van der Waals surface area contributed by atoms with Gasteiger partial charge in [-0.1, -0.05) is 49.4 Å². The number of hydrogen-bond donors (Lipinski definition) is 2. The average molecular weight is 348 g/mol. The second kappa shape index (κ2) is 9.32. The van der Waals surface area contributed by atoms with Crippen molar-refractivity contribution in [2.75, 3.05) is 12.3 Å². The van der Waals surface area contributed by atoms with Crippen LogP contribution in [0.3, 0.4) is 0 Å². The number of unbranched alkanes of at least 4 members (excludes halogenated alkanes) is 1. The summed E-state index contributed by atoms with van der Waals surface area (Å²) in [6.07, 6.45) is 2.73. The molecule has 0 bridgehead atoms. The number of aryl methyl sites for hydroxylation is 1. The van der Waals surface area contributed by atoms with E-state index < -0.39 is 0 Å². The maximum atomic E-state index is 12.0. The second-order valence-electron chi connectivity index (χ2n) is 5.63. The largest absolute Gasteiger partial charge is 0.355 e. The average Bonchev–Trinajstić information content (AvgIpc) is 2.93. The first kappa shape index (κ1) is 18.3. The van der Waals surface area contributed by atoms with Gasteiger partial charge in [-0.25, -0.2) is 9.89 Å². The van der Waals surface area contributed by atoms with Crippen molar-refractivity contribution < 1.29 is 4.79 Å². The van der Waals surface area contributed by atoms with Gasteiger partial charge in [-0.2, -0.15) is 0 Å². The molecule has 6 nitrogen and oxygen atoms in total. The molecule has 0 radical (unpaired) electrons. The van der Waals surface area contributed by atoms with E-state index in [2.05, 4.69) is 41.5 Å². The van der Waals surface area contributed by atoms with E-state index in [0.717, 1.165) is 19.3 Å². The van der Waals surface area contributed by atoms with Crippen molar-refractivity contribution in [1.82, 2.24) is 20.1 Å². The first-order chi connectivity index (χ1) is 11.6. The molecule has 24 heavy (non-hydrogen) atoms. The van der Waals surface area contributed by atoms with Crippen molar-refractivity contribution in [3.05, 3.63) is 45.9 Å². The number of carbonyl (C=O) groups is 1. The van der Waals surface area contributed by atoms with Crippen LogP contribution in [0.5, 0.6) is 0 Å². The minimum absolute atomic E-state index is 0.0499. The molecule has 0 unspecified atom stereocenters. The van der Waals surface area contributed by atoms with Gasteiger partial charge in [0.15, 0.2) is 5.16 Å². The summed E-state index contributed by atoms with van der Waals surface area (Å²) in [7, 11) is 0. The molecule has 0 aliphatic carbocycles. The second-order valence-corrected chi connectivity index (χ2v) is 6.57. The Morgan fingerprint density at radius 1 is 1.38 bits per heavy atom. The molecule has 0 saturated heterocycles. The number of hydrogen-bond acceptors (Lipinski definition) is 4. The van der Waals surface area contributed by atoms with Crippen LogP contribution in [0.25, 0.3) is 0 Å². The quantitative estimate of drug-likeness (QED) is 0.681. The van der Waals surface area contributed by atoms with Crippen LogP contribution in [0.4, 0.5) is 0 Å². The number of benzene rings is 1. The third-order valence-electron chi connectivity index (χ3n) is 3.77. The molecular weight excluding hydrogens is 324 g/mol. The molecule has 2 N–H and O–H groups in total. The molecule has 0 aliphatic rings. The summed E-state index contributed by atoms with van der Waals surface area (Å²) >= 11 is 1.28. The van der Waals surface area contributed by atoms with Crippen molar-refractivity contribution in [2.24, 2.45) is 0 Å². The first-order valence-electron chi connectivity index (χ1n) is 8.21. The van der Waals surface area contributed by atoms with Crippen molar-refractivity contribution >= 4 is 17.7 Å². The number of amides is 1. The summed E-state index contributed by atoms with van der Waals surface area (Å²) in [5.41, 5.74) is 2.26. The number of nitrogens with one attached hydrogen (secondary N) is 2. The Kier molecular flexibility index (Phi) is 7.11. The molecule has 0 saturated carbocycles. The summed E-state index contributed by atoms with van der Waals surface area (Å²) < 4.78 is 1.59. The first-order valence-corrected chi connectivity index (χ1v) is 9.19. The Morgan fingerprint density at radius 2 is 2.17 bits per heavy atom. The van der Waals surface area contributed by atoms with Gasteiger partial charge in [0.1, 0.15) is 0 Å². The third-order valence-corrected chi connectivity index (χ3v) is 4.75. The number of rotatable bonds is 9. The highest BCUT2D eigenvalue weighted by Crippen LogP contribution is 2.13. The molecule has 1 amide bonds. The molecule has 0 aliphatic heterocycles. The SMILES string of the molecule is CCCCn1c(SCC(=O)NCCc2ccccc2C)n[nH]c1=O. The Balaban J connectivity index is 1.77. The van der Waals surface area contributed by atoms with Gasteiger partial charge in [0.05, 0.1) is 5.75 Å². The lowest BCUT2D eigenvalue weighted by atomic mass is 10.1. The van der Waals surface area contributed by atoms with Crippen LogP contribution < -0.4 is 11.0 Å². The summed E-state index contributed by atoms with van der Waals surface area (Å²) in [5.74, 6) is 0.204. The number of thioether (sulfide) groups is 1. The van der Waals surface area contributed by atoms with Crippen LogP contribution in [-0.4, -0.2) is 33.0 Å². The van der Waals surface area contributed by atoms with Crippen LogP contribution in [0.15, 0.2) is 34.2 Å². The van der Waals surface area contributed by atoms with Gasteiger partial charge in [-0.05, 0) is 30.9 Å². The zero-order valence-electron chi connectivity index (χ0n) is 14.2. The topological polar surface area (TPSA) is 79.8 Å². The molecule has 7 heteroatoms. The normalized spacial score (nSPS) is 10.8. The standard InChI is InChI=1S/C17H24N4O2S/c1-3-4-11-21-16(23)19-20-17(21)24-12-15(22)18-10-9-14-8-6-5-7-13(14)2/h5-8H,3-4,9-12H2,1-2H3,(H,18,22)(H,19,23). The van der Waals surface area contributed by atoms with Crippen molar-refractivity contribution in [3.8, 4) is 0 Å². The Hall–Kier alpha value is -2.02. The maximum Gasteiger partial charge on any atom is 0.343 e. The Morgan fingerprint density at radius 3 is 2.92 bits per heavy atom. The molecule has 1 heterocycles. The van der Waals surface area contributed by atoms with Crippen LogP contribution in [-0.2, 0) is 17.8 Å². The zero-order chi connectivity index (χ0) is 17.4. The molecule has 1 aromatic carbocycles. The van der Waals surface area contributed by atoms with Gasteiger partial charge in [0.2, 0.25) is 5.91 Å². The highest BCUT2D eigenvalue weighted by Gasteiger charge is 2.11. The highest BCUT2D eigenvalue weighted by atomic mass is 32.2. The number of H-pyrrole nitrogens is 1. The van der Waals surface area contributed by atoms with E-state index in [9.17, 15) is 9.59 Å². The van der Waals surface area contributed by atoms with Crippen molar-refractivity contribution in [3.63, 3.8) is 0 Å². The molecule has 0 atom stereocenters. The fraction of sp³-hybridized carbons (Fsp3) is 0.471. The number of aromatic amines is 1.